The average molecular weight is 657 g/mol. The van der Waals surface area contributed by atoms with Crippen molar-refractivity contribution in [3.8, 4) is 77.9 Å². The molecule has 0 aliphatic carbocycles. The number of benzene rings is 8. The molecule has 0 aromatic heterocycles. The zero-order valence-electron chi connectivity index (χ0n) is 27.9. The Morgan fingerprint density at radius 3 is 1.02 bits per heavy atom. The summed E-state index contributed by atoms with van der Waals surface area (Å²) in [6.07, 6.45) is 0. The van der Waals surface area contributed by atoms with E-state index >= 15 is 0 Å². The van der Waals surface area contributed by atoms with E-state index in [9.17, 15) is 0 Å². The highest BCUT2D eigenvalue weighted by Crippen LogP contribution is 2.38. The molecule has 8 rings (SSSR count). The van der Waals surface area contributed by atoms with Gasteiger partial charge in [0.05, 0.1) is 0 Å². The predicted octanol–water partition coefficient (Wildman–Crippen LogP) is 14.0. The maximum atomic E-state index is 4.95. The van der Waals surface area contributed by atoms with Crippen molar-refractivity contribution in [3.63, 3.8) is 0 Å². The lowest BCUT2D eigenvalue weighted by molar-refractivity contribution is 1.39. The highest BCUT2D eigenvalue weighted by Gasteiger charge is 2.12. The van der Waals surface area contributed by atoms with E-state index in [0.29, 0.717) is 0 Å². The molecule has 0 bridgehead atoms. The van der Waals surface area contributed by atoms with Gasteiger partial charge in [0.15, 0.2) is 0 Å². The van der Waals surface area contributed by atoms with Gasteiger partial charge in [0.25, 0.3) is 0 Å². The molecule has 0 saturated carbocycles. The van der Waals surface area contributed by atoms with Gasteiger partial charge in [-0.3, -0.25) is 0 Å². The molecule has 0 N–H and O–H groups in total. The lowest BCUT2D eigenvalue weighted by Gasteiger charge is -2.15. The van der Waals surface area contributed by atoms with Crippen LogP contribution in [0.25, 0.3) is 77.9 Å². The van der Waals surface area contributed by atoms with Gasteiger partial charge >= 0.3 is 0 Å². The first-order chi connectivity index (χ1) is 24.6. The van der Waals surface area contributed by atoms with Crippen molar-refractivity contribution >= 4 is 12.6 Å². The molecule has 0 aliphatic rings. The van der Waals surface area contributed by atoms with Crippen LogP contribution in [0.1, 0.15) is 5.56 Å². The Labute approximate surface area is 300 Å². The summed E-state index contributed by atoms with van der Waals surface area (Å²) in [5.74, 6) is 0. The van der Waals surface area contributed by atoms with Crippen LogP contribution in [0.15, 0.2) is 199 Å². The topological polar surface area (TPSA) is 0 Å². The van der Waals surface area contributed by atoms with E-state index in [1.54, 1.807) is 0 Å². The van der Waals surface area contributed by atoms with Crippen LogP contribution in [-0.2, 0) is 0 Å². The van der Waals surface area contributed by atoms with E-state index in [2.05, 4.69) is 201 Å². The molecule has 0 atom stereocenters. The number of hydrogen-bond donors (Lipinski definition) is 1. The van der Waals surface area contributed by atoms with Crippen LogP contribution in [0.2, 0.25) is 0 Å². The van der Waals surface area contributed by atoms with Crippen molar-refractivity contribution in [2.45, 2.75) is 11.8 Å². The summed E-state index contributed by atoms with van der Waals surface area (Å²) >= 11 is 4.95. The SMILES string of the molecule is Cc1ccc(-c2cccc(-c3ccc(-c4ccccc4)cc3)c2)cc1-c1cc(-c2cccc(-c3ccc(-c4ccccc4)cc3)c2)ccc1S. The molecule has 8 aromatic rings. The minimum absolute atomic E-state index is 0.967. The van der Waals surface area contributed by atoms with Crippen LogP contribution in [0.4, 0.5) is 0 Å². The number of hydrogen-bond acceptors (Lipinski definition) is 1. The Morgan fingerprint density at radius 1 is 0.260 bits per heavy atom. The molecule has 1 heteroatoms. The molecule has 0 saturated heterocycles. The molecular weight excluding hydrogens is 621 g/mol. The molecule has 0 fully saturated rings. The molecule has 0 nitrogen and oxygen atoms in total. The van der Waals surface area contributed by atoms with Crippen molar-refractivity contribution < 1.29 is 0 Å². The van der Waals surface area contributed by atoms with Crippen LogP contribution < -0.4 is 0 Å². The number of thiol groups is 1. The Bertz CT molecular complexity index is 2230. The number of aryl methyl sites for hydroxylation is 1. The van der Waals surface area contributed by atoms with E-state index < -0.39 is 0 Å². The van der Waals surface area contributed by atoms with Crippen LogP contribution >= 0.6 is 12.6 Å². The van der Waals surface area contributed by atoms with E-state index in [1.807, 2.05) is 0 Å². The summed E-state index contributed by atoms with van der Waals surface area (Å²) in [6.45, 7) is 2.18. The highest BCUT2D eigenvalue weighted by atomic mass is 32.1. The smallest absolute Gasteiger partial charge is 0.0119 e. The van der Waals surface area contributed by atoms with Gasteiger partial charge in [-0.1, -0.05) is 164 Å². The summed E-state index contributed by atoms with van der Waals surface area (Å²) < 4.78 is 0. The summed E-state index contributed by atoms with van der Waals surface area (Å²) in [5, 5.41) is 0. The molecule has 8 aromatic carbocycles. The first-order valence-corrected chi connectivity index (χ1v) is 17.5. The van der Waals surface area contributed by atoms with Crippen LogP contribution in [0, 0.1) is 6.92 Å². The van der Waals surface area contributed by atoms with Gasteiger partial charge in [0, 0.05) is 4.90 Å². The summed E-state index contributed by atoms with van der Waals surface area (Å²) in [7, 11) is 0. The Hall–Kier alpha value is -5.89. The van der Waals surface area contributed by atoms with Gasteiger partial charge in [0.2, 0.25) is 0 Å². The third kappa shape index (κ3) is 6.57. The van der Waals surface area contributed by atoms with Crippen molar-refractivity contribution in [2.75, 3.05) is 0 Å². The minimum atomic E-state index is 0.967. The standard InChI is InChI=1S/C49H36S/c1-34-18-19-45(43-16-8-14-41(30-43)39-24-20-37(21-25-39)35-10-4-2-5-11-35)32-47(34)48-33-46(28-29-49(48)50)44-17-9-15-42(31-44)40-26-22-38(23-27-40)36-12-6-3-7-13-36/h2-33,50H,1H3. The fourth-order valence-electron chi connectivity index (χ4n) is 6.75. The lowest BCUT2D eigenvalue weighted by Crippen LogP contribution is -1.90. The third-order valence-corrected chi connectivity index (χ3v) is 9.96. The molecule has 0 radical (unpaired) electrons. The largest absolute Gasteiger partial charge is 0.143 e. The van der Waals surface area contributed by atoms with E-state index in [-0.39, 0.29) is 0 Å². The molecule has 0 amide bonds. The molecule has 238 valence electrons. The minimum Gasteiger partial charge on any atom is -0.143 e. The lowest BCUT2D eigenvalue weighted by atomic mass is 9.91. The quantitative estimate of drug-likeness (QED) is 0.162. The predicted molar refractivity (Wildman–Crippen MR) is 216 cm³/mol. The van der Waals surface area contributed by atoms with Gasteiger partial charge in [-0.2, -0.15) is 0 Å². The normalized spacial score (nSPS) is 11.0. The third-order valence-electron chi connectivity index (χ3n) is 9.57. The summed E-state index contributed by atoms with van der Waals surface area (Å²) in [6, 6.07) is 69.8. The van der Waals surface area contributed by atoms with Crippen LogP contribution in [-0.4, -0.2) is 0 Å². The fourth-order valence-corrected chi connectivity index (χ4v) is 7.01. The maximum Gasteiger partial charge on any atom is 0.0119 e. The fraction of sp³-hybridized carbons (Fsp3) is 0.0204. The van der Waals surface area contributed by atoms with Crippen molar-refractivity contribution in [2.24, 2.45) is 0 Å². The van der Waals surface area contributed by atoms with E-state index in [1.165, 1.54) is 77.9 Å². The maximum absolute atomic E-state index is 4.95. The molecule has 0 unspecified atom stereocenters. The Morgan fingerprint density at radius 2 is 0.560 bits per heavy atom. The van der Waals surface area contributed by atoms with Gasteiger partial charge < -0.3 is 0 Å². The second-order valence-corrected chi connectivity index (χ2v) is 13.3. The van der Waals surface area contributed by atoms with Gasteiger partial charge in [-0.25, -0.2) is 0 Å². The van der Waals surface area contributed by atoms with Crippen molar-refractivity contribution in [3.05, 3.63) is 200 Å². The zero-order chi connectivity index (χ0) is 33.9. The monoisotopic (exact) mass is 656 g/mol. The summed E-state index contributed by atoms with van der Waals surface area (Å²) in [5.41, 5.74) is 18.0. The van der Waals surface area contributed by atoms with Crippen molar-refractivity contribution in [1.29, 1.82) is 0 Å². The van der Waals surface area contributed by atoms with Gasteiger partial charge in [-0.05, 0) is 121 Å². The molecule has 0 heterocycles. The first-order valence-electron chi connectivity index (χ1n) is 17.1. The Balaban J connectivity index is 1.09. The van der Waals surface area contributed by atoms with Gasteiger partial charge in [0.1, 0.15) is 0 Å². The van der Waals surface area contributed by atoms with E-state index in [0.717, 1.165) is 10.5 Å². The average Bonchev–Trinajstić information content (AvgIpc) is 3.19. The van der Waals surface area contributed by atoms with E-state index in [4.69, 9.17) is 12.6 Å². The summed E-state index contributed by atoms with van der Waals surface area (Å²) in [4.78, 5) is 0.967. The molecule has 50 heavy (non-hydrogen) atoms. The Kier molecular flexibility index (Phi) is 8.74. The van der Waals surface area contributed by atoms with Crippen molar-refractivity contribution in [1.82, 2.24) is 0 Å². The zero-order valence-corrected chi connectivity index (χ0v) is 28.8. The van der Waals surface area contributed by atoms with Crippen LogP contribution in [0.3, 0.4) is 0 Å². The highest BCUT2D eigenvalue weighted by molar-refractivity contribution is 7.80. The molecule has 0 aliphatic heterocycles. The first kappa shape index (κ1) is 31.4. The van der Waals surface area contributed by atoms with Crippen LogP contribution in [0.5, 0.6) is 0 Å². The van der Waals surface area contributed by atoms with Gasteiger partial charge in [-0.15, -0.1) is 12.6 Å². The second-order valence-electron chi connectivity index (χ2n) is 12.8. The molecule has 0 spiro atoms. The second kappa shape index (κ2) is 13.9. The molecular formula is C49H36S. The number of rotatable bonds is 7.